The summed E-state index contributed by atoms with van der Waals surface area (Å²) in [4.78, 5) is 25.8. The lowest BCUT2D eigenvalue weighted by molar-refractivity contribution is 0.0646. The van der Waals surface area contributed by atoms with E-state index < -0.39 is 0 Å². The Balaban J connectivity index is 1.23. The van der Waals surface area contributed by atoms with Crippen molar-refractivity contribution in [3.8, 4) is 11.5 Å². The van der Waals surface area contributed by atoms with Crippen LogP contribution in [0.4, 0.5) is 0 Å². The second kappa shape index (κ2) is 7.17. The number of hydrogen-bond donors (Lipinski definition) is 0. The molecule has 0 N–H and O–H groups in total. The third-order valence-electron chi connectivity index (χ3n) is 4.33. The van der Waals surface area contributed by atoms with Gasteiger partial charge in [-0.2, -0.15) is 0 Å². The molecule has 6 nitrogen and oxygen atoms in total. The Labute approximate surface area is 151 Å². The first kappa shape index (κ1) is 16.6. The van der Waals surface area contributed by atoms with E-state index in [4.69, 9.17) is 14.2 Å². The fourth-order valence-electron chi connectivity index (χ4n) is 2.84. The van der Waals surface area contributed by atoms with E-state index in [1.165, 1.54) is 4.90 Å². The van der Waals surface area contributed by atoms with Gasteiger partial charge < -0.3 is 14.2 Å². The highest BCUT2D eigenvalue weighted by molar-refractivity contribution is 6.21. The van der Waals surface area contributed by atoms with E-state index in [0.717, 1.165) is 18.1 Å². The molecule has 6 heteroatoms. The summed E-state index contributed by atoms with van der Waals surface area (Å²) in [6.07, 6.45) is 0.802. The molecule has 2 aliphatic rings. The predicted octanol–water partition coefficient (Wildman–Crippen LogP) is 2.53. The maximum absolute atomic E-state index is 12.3. The summed E-state index contributed by atoms with van der Waals surface area (Å²) >= 11 is 0. The van der Waals surface area contributed by atoms with Crippen LogP contribution in [0.3, 0.4) is 0 Å². The molecule has 0 spiro atoms. The lowest BCUT2D eigenvalue weighted by Crippen LogP contribution is -2.31. The number of benzene rings is 2. The number of fused-ring (bicyclic) bond motifs is 1. The fraction of sp³-hybridized carbons (Fsp3) is 0.300. The molecule has 0 bridgehead atoms. The molecule has 1 saturated heterocycles. The van der Waals surface area contributed by atoms with Crippen LogP contribution in [0, 0.1) is 0 Å². The minimum absolute atomic E-state index is 0.230. The van der Waals surface area contributed by atoms with E-state index in [2.05, 4.69) is 0 Å². The number of rotatable bonds is 8. The van der Waals surface area contributed by atoms with Crippen molar-refractivity contribution in [2.24, 2.45) is 0 Å². The maximum Gasteiger partial charge on any atom is 0.261 e. The standard InChI is InChI=1S/C20H19NO5/c22-19-17-4-1-2-5-18(17)20(23)21(19)10-3-11-24-14-6-8-15(9-7-14)25-12-16-13-26-16/h1-2,4-9,16H,3,10-13H2/t16-/m1/s1. The van der Waals surface area contributed by atoms with Crippen molar-refractivity contribution in [3.05, 3.63) is 59.7 Å². The van der Waals surface area contributed by atoms with Crippen molar-refractivity contribution < 1.29 is 23.8 Å². The van der Waals surface area contributed by atoms with Crippen LogP contribution in [0.5, 0.6) is 11.5 Å². The topological polar surface area (TPSA) is 68.4 Å². The van der Waals surface area contributed by atoms with E-state index in [9.17, 15) is 9.59 Å². The molecule has 4 rings (SSSR count). The largest absolute Gasteiger partial charge is 0.494 e. The van der Waals surface area contributed by atoms with E-state index in [1.54, 1.807) is 24.3 Å². The molecule has 1 fully saturated rings. The molecule has 0 saturated carbocycles. The molecule has 26 heavy (non-hydrogen) atoms. The van der Waals surface area contributed by atoms with Gasteiger partial charge in [0.15, 0.2) is 0 Å². The van der Waals surface area contributed by atoms with Gasteiger partial charge in [0.25, 0.3) is 11.8 Å². The maximum atomic E-state index is 12.3. The monoisotopic (exact) mass is 353 g/mol. The van der Waals surface area contributed by atoms with Crippen LogP contribution in [0.2, 0.25) is 0 Å². The van der Waals surface area contributed by atoms with Crippen LogP contribution >= 0.6 is 0 Å². The second-order valence-corrected chi connectivity index (χ2v) is 6.25. The highest BCUT2D eigenvalue weighted by Crippen LogP contribution is 2.23. The molecule has 2 amide bonds. The van der Waals surface area contributed by atoms with Crippen LogP contribution in [0.1, 0.15) is 27.1 Å². The molecule has 134 valence electrons. The lowest BCUT2D eigenvalue weighted by atomic mass is 10.1. The van der Waals surface area contributed by atoms with Gasteiger partial charge in [-0.15, -0.1) is 0 Å². The number of nitrogens with zero attached hydrogens (tertiary/aromatic N) is 1. The number of amides is 2. The summed E-state index contributed by atoms with van der Waals surface area (Å²) in [5, 5.41) is 0. The first-order valence-electron chi connectivity index (χ1n) is 8.65. The normalized spacial score (nSPS) is 18.0. The zero-order chi connectivity index (χ0) is 17.9. The average Bonchev–Trinajstić information content (AvgIpc) is 3.47. The number of hydrogen-bond acceptors (Lipinski definition) is 5. The smallest absolute Gasteiger partial charge is 0.261 e. The molecular weight excluding hydrogens is 334 g/mol. The molecule has 0 unspecified atom stereocenters. The third-order valence-corrected chi connectivity index (χ3v) is 4.33. The number of ether oxygens (including phenoxy) is 3. The van der Waals surface area contributed by atoms with Gasteiger partial charge in [0.05, 0.1) is 24.3 Å². The average molecular weight is 353 g/mol. The minimum atomic E-state index is -0.230. The van der Waals surface area contributed by atoms with E-state index in [0.29, 0.717) is 37.3 Å². The van der Waals surface area contributed by atoms with Crippen molar-refractivity contribution in [3.63, 3.8) is 0 Å². The van der Waals surface area contributed by atoms with Crippen LogP contribution in [-0.2, 0) is 4.74 Å². The molecular formula is C20H19NO5. The zero-order valence-electron chi connectivity index (χ0n) is 14.2. The molecule has 1 atom stereocenters. The summed E-state index contributed by atoms with van der Waals surface area (Å²) in [6, 6.07) is 14.3. The number of carbonyl (C=O) groups excluding carboxylic acids is 2. The Morgan fingerprint density at radius 2 is 1.50 bits per heavy atom. The molecule has 2 aromatic rings. The number of imide groups is 1. The summed E-state index contributed by atoms with van der Waals surface area (Å²) < 4.78 is 16.3. The van der Waals surface area contributed by atoms with Crippen LogP contribution in [0.25, 0.3) is 0 Å². The SMILES string of the molecule is O=C1c2ccccc2C(=O)N1CCCOc1ccc(OC[C@@H]2CO2)cc1. The Morgan fingerprint density at radius 3 is 2.08 bits per heavy atom. The molecule has 0 aliphatic carbocycles. The van der Waals surface area contributed by atoms with Gasteiger partial charge >= 0.3 is 0 Å². The summed E-state index contributed by atoms with van der Waals surface area (Å²) in [5.74, 6) is 1.04. The zero-order valence-corrected chi connectivity index (χ0v) is 14.2. The first-order chi connectivity index (χ1) is 12.7. The summed E-state index contributed by atoms with van der Waals surface area (Å²) in [6.45, 7) is 2.10. The van der Waals surface area contributed by atoms with Crippen molar-refractivity contribution in [1.82, 2.24) is 4.90 Å². The van der Waals surface area contributed by atoms with Crippen LogP contribution in [0.15, 0.2) is 48.5 Å². The van der Waals surface area contributed by atoms with Gasteiger partial charge in [-0.25, -0.2) is 0 Å². The Morgan fingerprint density at radius 1 is 0.923 bits per heavy atom. The summed E-state index contributed by atoms with van der Waals surface area (Å²) in [5.41, 5.74) is 0.955. The van der Waals surface area contributed by atoms with Crippen LogP contribution < -0.4 is 9.47 Å². The highest BCUT2D eigenvalue weighted by Gasteiger charge is 2.34. The van der Waals surface area contributed by atoms with Crippen LogP contribution in [-0.4, -0.2) is 49.2 Å². The first-order valence-corrected chi connectivity index (χ1v) is 8.65. The van der Waals surface area contributed by atoms with Gasteiger partial charge in [-0.1, -0.05) is 12.1 Å². The molecule has 2 aromatic carbocycles. The predicted molar refractivity (Wildman–Crippen MR) is 93.6 cm³/mol. The van der Waals surface area contributed by atoms with E-state index >= 15 is 0 Å². The van der Waals surface area contributed by atoms with Crippen molar-refractivity contribution in [2.75, 3.05) is 26.4 Å². The molecule has 2 aliphatic heterocycles. The molecule has 0 radical (unpaired) electrons. The quantitative estimate of drug-likeness (QED) is 0.414. The lowest BCUT2D eigenvalue weighted by Gasteiger charge is -2.14. The Hall–Kier alpha value is -2.86. The second-order valence-electron chi connectivity index (χ2n) is 6.25. The van der Waals surface area contributed by atoms with Gasteiger partial charge in [-0.05, 0) is 42.8 Å². The fourth-order valence-corrected chi connectivity index (χ4v) is 2.84. The van der Waals surface area contributed by atoms with Gasteiger partial charge in [0.2, 0.25) is 0 Å². The minimum Gasteiger partial charge on any atom is -0.494 e. The molecule has 2 heterocycles. The molecule has 0 aromatic heterocycles. The highest BCUT2D eigenvalue weighted by atomic mass is 16.6. The number of carbonyl (C=O) groups is 2. The Kier molecular flexibility index (Phi) is 4.58. The Bertz CT molecular complexity index is 778. The van der Waals surface area contributed by atoms with Gasteiger partial charge in [0.1, 0.15) is 24.2 Å². The van der Waals surface area contributed by atoms with E-state index in [1.807, 2.05) is 24.3 Å². The van der Waals surface area contributed by atoms with Crippen molar-refractivity contribution >= 4 is 11.8 Å². The van der Waals surface area contributed by atoms with E-state index in [-0.39, 0.29) is 17.9 Å². The number of epoxide rings is 1. The van der Waals surface area contributed by atoms with Crippen molar-refractivity contribution in [1.29, 1.82) is 0 Å². The van der Waals surface area contributed by atoms with Gasteiger partial charge in [-0.3, -0.25) is 14.5 Å². The van der Waals surface area contributed by atoms with Crippen molar-refractivity contribution in [2.45, 2.75) is 12.5 Å². The third kappa shape index (κ3) is 3.55. The summed E-state index contributed by atoms with van der Waals surface area (Å²) in [7, 11) is 0. The van der Waals surface area contributed by atoms with Gasteiger partial charge in [0, 0.05) is 6.54 Å².